The zero-order valence-electron chi connectivity index (χ0n) is 15.6. The zero-order chi connectivity index (χ0) is 20.2. The van der Waals surface area contributed by atoms with E-state index in [9.17, 15) is 12.8 Å². The van der Waals surface area contributed by atoms with Crippen molar-refractivity contribution in [3.05, 3.63) is 42.5 Å². The fraction of sp³-hybridized carbons (Fsp3) is 0.389. The van der Waals surface area contributed by atoms with Crippen molar-refractivity contribution in [3.8, 4) is 5.75 Å². The number of sulfonamides is 1. The number of piperazine rings is 1. The quantitative estimate of drug-likeness (QED) is 0.617. The fourth-order valence-corrected chi connectivity index (χ4v) is 5.90. The second-order valence-electron chi connectivity index (χ2n) is 7.13. The lowest BCUT2D eigenvalue weighted by Crippen LogP contribution is -2.70. The first-order chi connectivity index (χ1) is 14.0. The van der Waals surface area contributed by atoms with E-state index in [1.165, 1.54) is 22.8 Å². The number of nitrogens with zero attached hydrogens (tertiary/aromatic N) is 6. The maximum Gasteiger partial charge on any atom is 0.243 e. The van der Waals surface area contributed by atoms with Crippen LogP contribution in [0.25, 0.3) is 5.65 Å². The van der Waals surface area contributed by atoms with Crippen LogP contribution in [0.4, 0.5) is 10.2 Å². The molecule has 2 unspecified atom stereocenters. The van der Waals surface area contributed by atoms with Gasteiger partial charge in [0.25, 0.3) is 0 Å². The van der Waals surface area contributed by atoms with Gasteiger partial charge in [-0.25, -0.2) is 12.8 Å². The van der Waals surface area contributed by atoms with Crippen LogP contribution in [0, 0.1) is 5.82 Å². The molecule has 5 heterocycles. The minimum atomic E-state index is -3.78. The Morgan fingerprint density at radius 3 is 2.72 bits per heavy atom. The standard InChI is InChI=1S/C18H19FN6O3S/c1-2-28-16-4-3-14(8-15(16)19)29(26,27)25-12-7-13(25)10-23(9-12)18-6-5-17-21-20-11-24(17)22-18/h3-6,8,11-13H,2,7,9-10H2,1H3. The molecule has 0 saturated carbocycles. The Bertz CT molecular complexity index is 1170. The van der Waals surface area contributed by atoms with Crippen LogP contribution in [0.1, 0.15) is 13.3 Å². The number of aromatic nitrogens is 4. The third-order valence-electron chi connectivity index (χ3n) is 5.38. The van der Waals surface area contributed by atoms with Gasteiger partial charge < -0.3 is 9.64 Å². The van der Waals surface area contributed by atoms with E-state index in [2.05, 4.69) is 20.2 Å². The van der Waals surface area contributed by atoms with E-state index in [0.717, 1.165) is 18.3 Å². The Morgan fingerprint density at radius 1 is 1.21 bits per heavy atom. The number of hydrogen-bond donors (Lipinski definition) is 0. The Balaban J connectivity index is 1.37. The first-order valence-corrected chi connectivity index (χ1v) is 10.8. The Kier molecular flexibility index (Phi) is 4.17. The molecule has 152 valence electrons. The van der Waals surface area contributed by atoms with Gasteiger partial charge in [0.2, 0.25) is 10.0 Å². The Morgan fingerprint density at radius 2 is 2.00 bits per heavy atom. The highest BCUT2D eigenvalue weighted by Crippen LogP contribution is 2.39. The van der Waals surface area contributed by atoms with Gasteiger partial charge in [-0.3, -0.25) is 0 Å². The van der Waals surface area contributed by atoms with Crippen molar-refractivity contribution in [1.29, 1.82) is 0 Å². The lowest BCUT2D eigenvalue weighted by Gasteiger charge is -2.55. The molecule has 0 amide bonds. The number of fused-ring (bicyclic) bond motifs is 3. The predicted octanol–water partition coefficient (Wildman–Crippen LogP) is 1.31. The second kappa shape index (κ2) is 6.63. The van der Waals surface area contributed by atoms with E-state index < -0.39 is 15.8 Å². The van der Waals surface area contributed by atoms with Gasteiger partial charge in [-0.15, -0.1) is 15.3 Å². The summed E-state index contributed by atoms with van der Waals surface area (Å²) in [7, 11) is -3.78. The van der Waals surface area contributed by atoms with Crippen LogP contribution in [-0.4, -0.2) is 64.3 Å². The highest BCUT2D eigenvalue weighted by Gasteiger charge is 2.51. The van der Waals surface area contributed by atoms with E-state index in [1.807, 2.05) is 12.1 Å². The SMILES string of the molecule is CCOc1ccc(S(=O)(=O)N2C3CC2CN(c2ccc4nncn4n2)C3)cc1F. The predicted molar refractivity (Wildman–Crippen MR) is 102 cm³/mol. The molecule has 0 N–H and O–H groups in total. The average molecular weight is 418 g/mol. The summed E-state index contributed by atoms with van der Waals surface area (Å²) < 4.78 is 48.6. The third-order valence-corrected chi connectivity index (χ3v) is 7.38. The van der Waals surface area contributed by atoms with Crippen LogP contribution < -0.4 is 9.64 Å². The van der Waals surface area contributed by atoms with Crippen molar-refractivity contribution in [2.75, 3.05) is 24.6 Å². The molecule has 9 nitrogen and oxygen atoms in total. The van der Waals surface area contributed by atoms with Crippen molar-refractivity contribution in [2.45, 2.75) is 30.3 Å². The van der Waals surface area contributed by atoms with Crippen molar-refractivity contribution in [3.63, 3.8) is 0 Å². The molecule has 0 spiro atoms. The largest absolute Gasteiger partial charge is 0.491 e. The van der Waals surface area contributed by atoms with Crippen molar-refractivity contribution in [1.82, 2.24) is 24.1 Å². The summed E-state index contributed by atoms with van der Waals surface area (Å²) in [6, 6.07) is 7.14. The van der Waals surface area contributed by atoms with Crippen LogP contribution in [0.3, 0.4) is 0 Å². The molecule has 2 aromatic heterocycles. The van der Waals surface area contributed by atoms with Crippen LogP contribution in [-0.2, 0) is 10.0 Å². The highest BCUT2D eigenvalue weighted by atomic mass is 32.2. The summed E-state index contributed by atoms with van der Waals surface area (Å²) >= 11 is 0. The molecule has 3 aliphatic heterocycles. The monoisotopic (exact) mass is 418 g/mol. The highest BCUT2D eigenvalue weighted by molar-refractivity contribution is 7.89. The molecule has 11 heteroatoms. The van der Waals surface area contributed by atoms with Crippen molar-refractivity contribution < 1.29 is 17.5 Å². The molecular formula is C18H19FN6O3S. The topological polar surface area (TPSA) is 92.9 Å². The zero-order valence-corrected chi connectivity index (χ0v) is 16.5. The van der Waals surface area contributed by atoms with Gasteiger partial charge in [-0.2, -0.15) is 8.82 Å². The van der Waals surface area contributed by atoms with Gasteiger partial charge in [0.05, 0.1) is 11.5 Å². The first kappa shape index (κ1) is 18.3. The normalized spacial score (nSPS) is 21.9. The smallest absolute Gasteiger partial charge is 0.243 e. The van der Waals surface area contributed by atoms with Crippen LogP contribution in [0.15, 0.2) is 41.6 Å². The number of piperidine rings is 1. The van der Waals surface area contributed by atoms with E-state index in [0.29, 0.717) is 25.3 Å². The molecule has 6 rings (SSSR count). The lowest BCUT2D eigenvalue weighted by atomic mass is 9.91. The lowest BCUT2D eigenvalue weighted by molar-refractivity contribution is 0.0873. The summed E-state index contributed by atoms with van der Waals surface area (Å²) in [5.74, 6) is 0.125. The van der Waals surface area contributed by atoms with Crippen LogP contribution in [0.5, 0.6) is 5.75 Å². The van der Waals surface area contributed by atoms with Gasteiger partial charge in [0.1, 0.15) is 12.1 Å². The number of hydrogen-bond acceptors (Lipinski definition) is 7. The van der Waals surface area contributed by atoms with Gasteiger partial charge in [-0.1, -0.05) is 0 Å². The fourth-order valence-electron chi connectivity index (χ4n) is 4.08. The third kappa shape index (κ3) is 2.92. The average Bonchev–Trinajstić information content (AvgIpc) is 3.17. The minimum absolute atomic E-state index is 0.0503. The van der Waals surface area contributed by atoms with Gasteiger partial charge in [-0.05, 0) is 43.7 Å². The summed E-state index contributed by atoms with van der Waals surface area (Å²) in [5, 5.41) is 12.2. The molecule has 2 bridgehead atoms. The maximum absolute atomic E-state index is 14.2. The Labute approximate surface area is 166 Å². The Hall–Kier alpha value is -2.79. The molecule has 3 fully saturated rings. The van der Waals surface area contributed by atoms with Crippen molar-refractivity contribution >= 4 is 21.5 Å². The molecule has 3 aliphatic rings. The molecule has 3 aromatic rings. The molecule has 29 heavy (non-hydrogen) atoms. The van der Waals surface area contributed by atoms with Crippen LogP contribution >= 0.6 is 0 Å². The summed E-state index contributed by atoms with van der Waals surface area (Å²) in [4.78, 5) is 2.01. The number of ether oxygens (including phenoxy) is 1. The molecule has 1 aromatic carbocycles. The molecule has 3 saturated heterocycles. The first-order valence-electron chi connectivity index (χ1n) is 9.35. The van der Waals surface area contributed by atoms with E-state index in [1.54, 1.807) is 11.4 Å². The number of halogens is 1. The number of anilines is 1. The molecular weight excluding hydrogens is 399 g/mol. The van der Waals surface area contributed by atoms with Gasteiger partial charge in [0.15, 0.2) is 17.2 Å². The van der Waals surface area contributed by atoms with E-state index in [4.69, 9.17) is 4.74 Å². The summed E-state index contributed by atoms with van der Waals surface area (Å²) in [6.45, 7) is 3.10. The molecule has 2 atom stereocenters. The maximum atomic E-state index is 14.2. The number of rotatable bonds is 5. The molecule has 0 radical (unpaired) electrons. The van der Waals surface area contributed by atoms with E-state index >= 15 is 0 Å². The van der Waals surface area contributed by atoms with Crippen molar-refractivity contribution in [2.24, 2.45) is 0 Å². The van der Waals surface area contributed by atoms with Gasteiger partial charge >= 0.3 is 0 Å². The number of benzene rings is 1. The molecule has 0 aliphatic carbocycles. The van der Waals surface area contributed by atoms with Gasteiger partial charge in [0, 0.05) is 25.2 Å². The minimum Gasteiger partial charge on any atom is -0.491 e. The second-order valence-corrected chi connectivity index (χ2v) is 8.98. The summed E-state index contributed by atoms with van der Waals surface area (Å²) in [6.07, 6.45) is 2.31. The summed E-state index contributed by atoms with van der Waals surface area (Å²) in [5.41, 5.74) is 0.651. The van der Waals surface area contributed by atoms with E-state index in [-0.39, 0.29) is 22.7 Å². The van der Waals surface area contributed by atoms with Crippen LogP contribution in [0.2, 0.25) is 0 Å².